The van der Waals surface area contributed by atoms with Crippen LogP contribution < -0.4 is 4.74 Å². The molecule has 0 atom stereocenters. The fourth-order valence-corrected chi connectivity index (χ4v) is 5.29. The molecular weight excluding hydrogens is 440 g/mol. The van der Waals surface area contributed by atoms with Gasteiger partial charge in [-0.2, -0.15) is 8.78 Å². The van der Waals surface area contributed by atoms with Gasteiger partial charge in [-0.1, -0.05) is 75.4 Å². The van der Waals surface area contributed by atoms with Gasteiger partial charge in [-0.15, -0.1) is 0 Å². The zero-order valence-electron chi connectivity index (χ0n) is 19.6. The summed E-state index contributed by atoms with van der Waals surface area (Å²) >= 11 is 0. The first-order valence-corrected chi connectivity index (χ1v) is 12.4. The van der Waals surface area contributed by atoms with Crippen molar-refractivity contribution in [2.24, 2.45) is 5.92 Å². The van der Waals surface area contributed by atoms with Crippen LogP contribution >= 0.6 is 0 Å². The number of unbranched alkanes of at least 4 members (excludes halogenated alkanes) is 3. The van der Waals surface area contributed by atoms with E-state index < -0.39 is 24.0 Å². The minimum Gasteiger partial charge on any atom is -0.432 e. The summed E-state index contributed by atoms with van der Waals surface area (Å²) in [6.45, 7) is -0.875. The second-order valence-electron chi connectivity index (χ2n) is 9.50. The van der Waals surface area contributed by atoms with Gasteiger partial charge in [-0.25, -0.2) is 8.78 Å². The Bertz CT molecular complexity index is 1100. The molecule has 3 aromatic carbocycles. The van der Waals surface area contributed by atoms with Crippen LogP contribution in [0.2, 0.25) is 0 Å². The van der Waals surface area contributed by atoms with Crippen LogP contribution in [0.3, 0.4) is 0 Å². The average Bonchev–Trinajstić information content (AvgIpc) is 2.83. The fourth-order valence-electron chi connectivity index (χ4n) is 5.29. The van der Waals surface area contributed by atoms with E-state index in [1.165, 1.54) is 69.4 Å². The number of fused-ring (bicyclic) bond motifs is 1. The van der Waals surface area contributed by atoms with Gasteiger partial charge < -0.3 is 4.74 Å². The minimum atomic E-state index is -3.12. The predicted octanol–water partition coefficient (Wildman–Crippen LogP) is 9.63. The quantitative estimate of drug-likeness (QED) is 0.222. The highest BCUT2D eigenvalue weighted by Crippen LogP contribution is 2.39. The maximum Gasteiger partial charge on any atom is 0.387 e. The summed E-state index contributed by atoms with van der Waals surface area (Å²) in [5, 5.41) is 1.29. The Balaban J connectivity index is 1.47. The third-order valence-electron chi connectivity index (χ3n) is 7.22. The monoisotopic (exact) mass is 472 g/mol. The highest BCUT2D eigenvalue weighted by molar-refractivity contribution is 5.89. The van der Waals surface area contributed by atoms with Crippen molar-refractivity contribution in [3.05, 3.63) is 65.7 Å². The lowest BCUT2D eigenvalue weighted by molar-refractivity contribution is -0.0521. The molecule has 182 valence electrons. The number of benzene rings is 3. The molecule has 1 aliphatic carbocycles. The predicted molar refractivity (Wildman–Crippen MR) is 129 cm³/mol. The molecule has 0 unspecified atom stereocenters. The van der Waals surface area contributed by atoms with E-state index in [0.29, 0.717) is 11.3 Å². The molecule has 0 aromatic heterocycles. The van der Waals surface area contributed by atoms with Gasteiger partial charge in [0.15, 0.2) is 11.6 Å². The Morgan fingerprint density at radius 3 is 2.38 bits per heavy atom. The van der Waals surface area contributed by atoms with Gasteiger partial charge in [-0.3, -0.25) is 0 Å². The van der Waals surface area contributed by atoms with Crippen molar-refractivity contribution in [3.63, 3.8) is 0 Å². The molecule has 0 bridgehead atoms. The molecule has 0 saturated heterocycles. The van der Waals surface area contributed by atoms with E-state index in [2.05, 4.69) is 17.7 Å². The van der Waals surface area contributed by atoms with Crippen LogP contribution in [0.25, 0.3) is 21.9 Å². The van der Waals surface area contributed by atoms with Crippen LogP contribution in [-0.4, -0.2) is 6.61 Å². The van der Waals surface area contributed by atoms with Crippen LogP contribution in [0.5, 0.6) is 5.75 Å². The fraction of sp³-hybridized carbons (Fsp3) is 0.448. The maximum absolute atomic E-state index is 15.3. The molecule has 0 amide bonds. The summed E-state index contributed by atoms with van der Waals surface area (Å²) in [4.78, 5) is 0. The lowest BCUT2D eigenvalue weighted by atomic mass is 9.76. The maximum atomic E-state index is 15.3. The number of hydrogen-bond donors (Lipinski definition) is 0. The Kier molecular flexibility index (Phi) is 8.12. The minimum absolute atomic E-state index is 0.228. The van der Waals surface area contributed by atoms with Crippen molar-refractivity contribution in [1.82, 2.24) is 0 Å². The van der Waals surface area contributed by atoms with Crippen LogP contribution in [0.15, 0.2) is 48.5 Å². The van der Waals surface area contributed by atoms with Gasteiger partial charge in [0.1, 0.15) is 5.82 Å². The molecule has 3 aromatic rings. The van der Waals surface area contributed by atoms with Crippen molar-refractivity contribution in [2.45, 2.75) is 77.2 Å². The second kappa shape index (κ2) is 11.2. The van der Waals surface area contributed by atoms with Gasteiger partial charge in [-0.05, 0) is 66.2 Å². The standard InChI is InChI=1S/C29H32F4O/c1-2-3-4-5-6-19-7-9-20(10-8-19)21-11-14-24-22(17-21)12-15-25(28(24)31)23-13-16-27(26(30)18-23)34-29(32)33/h11-20,29H,2-10H2,1H3. The van der Waals surface area contributed by atoms with E-state index in [4.69, 9.17) is 0 Å². The SMILES string of the molecule is CCCCCCC1CCC(c2ccc3c(F)c(-c4ccc(OC(F)F)c(F)c4)ccc3c2)CC1. The van der Waals surface area contributed by atoms with E-state index in [9.17, 15) is 13.2 Å². The molecule has 1 fully saturated rings. The lowest BCUT2D eigenvalue weighted by Crippen LogP contribution is -2.13. The lowest BCUT2D eigenvalue weighted by Gasteiger charge is -2.29. The van der Waals surface area contributed by atoms with Gasteiger partial charge in [0.05, 0.1) is 0 Å². The van der Waals surface area contributed by atoms with Gasteiger partial charge in [0.25, 0.3) is 0 Å². The first-order chi connectivity index (χ1) is 16.5. The van der Waals surface area contributed by atoms with Crippen molar-refractivity contribution in [2.75, 3.05) is 0 Å². The second-order valence-corrected chi connectivity index (χ2v) is 9.50. The largest absolute Gasteiger partial charge is 0.432 e. The molecule has 4 rings (SSSR count). The molecule has 0 radical (unpaired) electrons. The number of rotatable bonds is 9. The molecule has 0 N–H and O–H groups in total. The molecule has 34 heavy (non-hydrogen) atoms. The summed E-state index contributed by atoms with van der Waals surface area (Å²) in [6.07, 6.45) is 11.5. The van der Waals surface area contributed by atoms with Gasteiger partial charge >= 0.3 is 6.61 Å². The molecule has 0 heterocycles. The smallest absolute Gasteiger partial charge is 0.387 e. The first-order valence-electron chi connectivity index (χ1n) is 12.4. The third kappa shape index (κ3) is 5.73. The van der Waals surface area contributed by atoms with Crippen LogP contribution in [0, 0.1) is 17.6 Å². The number of alkyl halides is 2. The Morgan fingerprint density at radius 2 is 1.68 bits per heavy atom. The molecule has 1 saturated carbocycles. The molecule has 1 aliphatic rings. The first kappa shape index (κ1) is 24.6. The highest BCUT2D eigenvalue weighted by Gasteiger charge is 2.23. The van der Waals surface area contributed by atoms with E-state index in [1.54, 1.807) is 6.07 Å². The zero-order chi connectivity index (χ0) is 24.1. The molecule has 5 heteroatoms. The van der Waals surface area contributed by atoms with Gasteiger partial charge in [0.2, 0.25) is 0 Å². The Hall–Kier alpha value is -2.56. The summed E-state index contributed by atoms with van der Waals surface area (Å²) in [7, 11) is 0. The molecule has 1 nitrogen and oxygen atoms in total. The summed E-state index contributed by atoms with van der Waals surface area (Å²) in [6, 6.07) is 12.9. The van der Waals surface area contributed by atoms with E-state index in [-0.39, 0.29) is 11.1 Å². The Labute approximate surface area is 199 Å². The van der Waals surface area contributed by atoms with Gasteiger partial charge in [0, 0.05) is 10.9 Å². The normalized spacial score (nSPS) is 18.5. The van der Waals surface area contributed by atoms with Crippen molar-refractivity contribution in [3.8, 4) is 16.9 Å². The summed E-state index contributed by atoms with van der Waals surface area (Å²) in [5.74, 6) is -0.599. The summed E-state index contributed by atoms with van der Waals surface area (Å²) in [5.41, 5.74) is 1.76. The number of ether oxygens (including phenoxy) is 1. The summed E-state index contributed by atoms with van der Waals surface area (Å²) < 4.78 is 58.4. The highest BCUT2D eigenvalue weighted by atomic mass is 19.3. The van der Waals surface area contributed by atoms with Crippen LogP contribution in [0.4, 0.5) is 17.6 Å². The van der Waals surface area contributed by atoms with E-state index >= 15 is 4.39 Å². The number of halogens is 4. The van der Waals surface area contributed by atoms with E-state index in [0.717, 1.165) is 23.4 Å². The van der Waals surface area contributed by atoms with Crippen molar-refractivity contribution < 1.29 is 22.3 Å². The van der Waals surface area contributed by atoms with Crippen molar-refractivity contribution >= 4 is 10.8 Å². The number of hydrogen-bond acceptors (Lipinski definition) is 1. The third-order valence-corrected chi connectivity index (χ3v) is 7.22. The molecule has 0 spiro atoms. The molecule has 0 aliphatic heterocycles. The van der Waals surface area contributed by atoms with Crippen LogP contribution in [0.1, 0.15) is 76.2 Å². The van der Waals surface area contributed by atoms with E-state index in [1.807, 2.05) is 18.2 Å². The topological polar surface area (TPSA) is 9.23 Å². The molecular formula is C29H32F4O. The zero-order valence-corrected chi connectivity index (χ0v) is 19.6. The van der Waals surface area contributed by atoms with Crippen molar-refractivity contribution in [1.29, 1.82) is 0 Å². The Morgan fingerprint density at radius 1 is 0.882 bits per heavy atom. The average molecular weight is 473 g/mol. The van der Waals surface area contributed by atoms with Crippen LogP contribution in [-0.2, 0) is 0 Å².